The summed E-state index contributed by atoms with van der Waals surface area (Å²) in [5, 5.41) is 6.03. The van der Waals surface area contributed by atoms with Crippen molar-refractivity contribution < 1.29 is 9.18 Å². The molecule has 0 fully saturated rings. The van der Waals surface area contributed by atoms with Gasteiger partial charge in [0.2, 0.25) is 0 Å². The highest BCUT2D eigenvalue weighted by Crippen LogP contribution is 2.16. The Kier molecular flexibility index (Phi) is 2.47. The average Bonchev–Trinajstić information content (AvgIpc) is 2.37. The van der Waals surface area contributed by atoms with E-state index in [1.165, 1.54) is 25.2 Å². The van der Waals surface area contributed by atoms with Gasteiger partial charge in [0.05, 0.1) is 5.69 Å². The Morgan fingerprint density at radius 1 is 1.67 bits per heavy atom. The van der Waals surface area contributed by atoms with E-state index in [1.807, 2.05) is 5.38 Å². The minimum absolute atomic E-state index is 0.610. The summed E-state index contributed by atoms with van der Waals surface area (Å²) >= 11 is 1.46. The van der Waals surface area contributed by atoms with Crippen molar-refractivity contribution in [3.63, 3.8) is 0 Å². The van der Waals surface area contributed by atoms with E-state index in [0.29, 0.717) is 5.69 Å². The standard InChI is InChI=1S/C8H10FNOS/c1-8(2,9)7(11)10-6-3-4-12-5-6/h3-5H,1-2H3,(H,10,11). The topological polar surface area (TPSA) is 29.1 Å². The first-order valence-electron chi connectivity index (χ1n) is 3.53. The maximum absolute atomic E-state index is 13.0. The second-order valence-corrected chi connectivity index (χ2v) is 3.72. The first-order chi connectivity index (χ1) is 5.50. The predicted octanol–water partition coefficient (Wildman–Crippen LogP) is 2.43. The molecular formula is C8H10FNOS. The van der Waals surface area contributed by atoms with E-state index in [0.717, 1.165) is 0 Å². The molecule has 4 heteroatoms. The van der Waals surface area contributed by atoms with Gasteiger partial charge in [-0.25, -0.2) is 4.39 Å². The van der Waals surface area contributed by atoms with Crippen LogP contribution in [0.25, 0.3) is 0 Å². The Labute approximate surface area is 74.4 Å². The van der Waals surface area contributed by atoms with E-state index in [1.54, 1.807) is 11.4 Å². The second-order valence-electron chi connectivity index (χ2n) is 2.94. The molecule has 12 heavy (non-hydrogen) atoms. The first-order valence-corrected chi connectivity index (χ1v) is 4.47. The van der Waals surface area contributed by atoms with E-state index in [-0.39, 0.29) is 0 Å². The lowest BCUT2D eigenvalue weighted by molar-refractivity contribution is -0.125. The molecule has 0 bridgehead atoms. The minimum atomic E-state index is -1.82. The summed E-state index contributed by atoms with van der Waals surface area (Å²) in [6.07, 6.45) is 0. The van der Waals surface area contributed by atoms with Gasteiger partial charge in [0.15, 0.2) is 5.67 Å². The number of carbonyl (C=O) groups is 1. The molecule has 1 aromatic heterocycles. The van der Waals surface area contributed by atoms with Crippen LogP contribution in [0.15, 0.2) is 16.8 Å². The van der Waals surface area contributed by atoms with E-state index >= 15 is 0 Å². The number of hydrogen-bond donors (Lipinski definition) is 1. The third-order valence-electron chi connectivity index (χ3n) is 1.32. The van der Waals surface area contributed by atoms with Crippen LogP contribution in [-0.4, -0.2) is 11.6 Å². The van der Waals surface area contributed by atoms with Gasteiger partial charge in [0.25, 0.3) is 5.91 Å². The van der Waals surface area contributed by atoms with Gasteiger partial charge in [0.1, 0.15) is 0 Å². The average molecular weight is 187 g/mol. The lowest BCUT2D eigenvalue weighted by Gasteiger charge is -2.12. The molecular weight excluding hydrogens is 177 g/mol. The number of nitrogens with one attached hydrogen (secondary N) is 1. The fourth-order valence-corrected chi connectivity index (χ4v) is 1.20. The highest BCUT2D eigenvalue weighted by atomic mass is 32.1. The van der Waals surface area contributed by atoms with Gasteiger partial charge in [-0.15, -0.1) is 0 Å². The molecule has 1 amide bonds. The van der Waals surface area contributed by atoms with Crippen LogP contribution >= 0.6 is 11.3 Å². The van der Waals surface area contributed by atoms with Gasteiger partial charge in [-0.1, -0.05) is 0 Å². The Morgan fingerprint density at radius 2 is 2.33 bits per heavy atom. The smallest absolute Gasteiger partial charge is 0.261 e. The molecule has 0 aliphatic heterocycles. The van der Waals surface area contributed by atoms with E-state index in [9.17, 15) is 9.18 Å². The van der Waals surface area contributed by atoms with Gasteiger partial charge in [-0.05, 0) is 25.3 Å². The maximum Gasteiger partial charge on any atom is 0.261 e. The molecule has 1 N–H and O–H groups in total. The molecule has 0 aromatic carbocycles. The summed E-state index contributed by atoms with van der Waals surface area (Å²) in [5.41, 5.74) is -1.17. The molecule has 0 aliphatic carbocycles. The van der Waals surface area contributed by atoms with Gasteiger partial charge < -0.3 is 5.32 Å². The molecule has 1 heterocycles. The van der Waals surface area contributed by atoms with Gasteiger partial charge in [0, 0.05) is 5.38 Å². The molecule has 0 saturated carbocycles. The molecule has 1 rings (SSSR count). The van der Waals surface area contributed by atoms with Crippen LogP contribution in [0.2, 0.25) is 0 Å². The molecule has 0 aliphatic rings. The second kappa shape index (κ2) is 3.23. The van der Waals surface area contributed by atoms with Crippen LogP contribution in [-0.2, 0) is 4.79 Å². The maximum atomic E-state index is 13.0. The summed E-state index contributed by atoms with van der Waals surface area (Å²) in [6.45, 7) is 2.46. The lowest BCUT2D eigenvalue weighted by Crippen LogP contribution is -2.32. The molecule has 0 atom stereocenters. The molecule has 0 unspecified atom stereocenters. The zero-order valence-corrected chi connectivity index (χ0v) is 7.74. The third-order valence-corrected chi connectivity index (χ3v) is 2.00. The number of hydrogen-bond acceptors (Lipinski definition) is 2. The largest absolute Gasteiger partial charge is 0.323 e. The minimum Gasteiger partial charge on any atom is -0.323 e. The predicted molar refractivity (Wildman–Crippen MR) is 48.1 cm³/mol. The normalized spacial score (nSPS) is 11.2. The zero-order valence-electron chi connectivity index (χ0n) is 6.93. The quantitative estimate of drug-likeness (QED) is 0.757. The van der Waals surface area contributed by atoms with Crippen LogP contribution in [0.3, 0.4) is 0 Å². The van der Waals surface area contributed by atoms with Gasteiger partial charge >= 0.3 is 0 Å². The van der Waals surface area contributed by atoms with Crippen molar-refractivity contribution in [1.82, 2.24) is 0 Å². The summed E-state index contributed by atoms with van der Waals surface area (Å²) in [5.74, 6) is -0.610. The van der Waals surface area contributed by atoms with Gasteiger partial charge in [-0.2, -0.15) is 11.3 Å². The van der Waals surface area contributed by atoms with E-state index < -0.39 is 11.6 Å². The number of thiophene rings is 1. The fourth-order valence-electron chi connectivity index (χ4n) is 0.615. The Balaban J connectivity index is 2.60. The molecule has 0 saturated heterocycles. The number of carbonyl (C=O) groups excluding carboxylic acids is 1. The molecule has 1 aromatic rings. The van der Waals surface area contributed by atoms with Crippen LogP contribution in [0.1, 0.15) is 13.8 Å². The number of amides is 1. The Hall–Kier alpha value is -0.900. The van der Waals surface area contributed by atoms with Crippen LogP contribution in [0.5, 0.6) is 0 Å². The number of rotatable bonds is 2. The lowest BCUT2D eigenvalue weighted by atomic mass is 10.1. The summed E-state index contributed by atoms with van der Waals surface area (Å²) in [6, 6.07) is 1.73. The highest BCUT2D eigenvalue weighted by Gasteiger charge is 2.26. The number of alkyl halides is 1. The van der Waals surface area contributed by atoms with E-state index in [2.05, 4.69) is 5.32 Å². The highest BCUT2D eigenvalue weighted by molar-refractivity contribution is 7.08. The molecule has 2 nitrogen and oxygen atoms in total. The van der Waals surface area contributed by atoms with E-state index in [4.69, 9.17) is 0 Å². The summed E-state index contributed by atoms with van der Waals surface area (Å²) in [4.78, 5) is 11.1. The van der Waals surface area contributed by atoms with Crippen LogP contribution in [0.4, 0.5) is 10.1 Å². The Morgan fingerprint density at radius 3 is 2.75 bits per heavy atom. The van der Waals surface area contributed by atoms with Crippen molar-refractivity contribution in [3.8, 4) is 0 Å². The monoisotopic (exact) mass is 187 g/mol. The molecule has 0 radical (unpaired) electrons. The zero-order chi connectivity index (χ0) is 9.19. The van der Waals surface area contributed by atoms with Gasteiger partial charge in [-0.3, -0.25) is 4.79 Å². The first kappa shape index (κ1) is 9.19. The van der Waals surface area contributed by atoms with Crippen molar-refractivity contribution in [2.24, 2.45) is 0 Å². The number of halogens is 1. The van der Waals surface area contributed by atoms with Crippen LogP contribution in [0, 0.1) is 0 Å². The molecule has 66 valence electrons. The Bertz CT molecular complexity index is 263. The van der Waals surface area contributed by atoms with Crippen LogP contribution < -0.4 is 5.32 Å². The van der Waals surface area contributed by atoms with Crippen molar-refractivity contribution >= 4 is 22.9 Å². The van der Waals surface area contributed by atoms with Crippen molar-refractivity contribution in [2.75, 3.05) is 5.32 Å². The SMILES string of the molecule is CC(C)(F)C(=O)Nc1ccsc1. The van der Waals surface area contributed by atoms with Crippen molar-refractivity contribution in [2.45, 2.75) is 19.5 Å². The van der Waals surface area contributed by atoms with Crippen molar-refractivity contribution in [1.29, 1.82) is 0 Å². The summed E-state index contributed by atoms with van der Waals surface area (Å²) in [7, 11) is 0. The molecule has 0 spiro atoms. The number of anilines is 1. The summed E-state index contributed by atoms with van der Waals surface area (Å²) < 4.78 is 13.0. The van der Waals surface area contributed by atoms with Crippen molar-refractivity contribution in [3.05, 3.63) is 16.8 Å². The third kappa shape index (κ3) is 2.30. The fraction of sp³-hybridized carbons (Fsp3) is 0.375.